The van der Waals surface area contributed by atoms with Crippen LogP contribution in [0.4, 0.5) is 4.39 Å². The maximum atomic E-state index is 13.6. The van der Waals surface area contributed by atoms with Gasteiger partial charge in [0.15, 0.2) is 0 Å². The first-order valence-corrected chi connectivity index (χ1v) is 8.19. The second kappa shape index (κ2) is 7.75. The molecule has 25 heavy (non-hydrogen) atoms. The molecule has 0 aliphatic carbocycles. The average molecular weight is 337 g/mol. The second-order valence-corrected chi connectivity index (χ2v) is 5.99. The van der Waals surface area contributed by atoms with Crippen LogP contribution in [0.1, 0.15) is 29.2 Å². The van der Waals surface area contributed by atoms with Crippen molar-refractivity contribution in [3.8, 4) is 0 Å². The molecule has 5 heteroatoms. The molecule has 1 amide bonds. The third kappa shape index (κ3) is 4.53. The lowest BCUT2D eigenvalue weighted by atomic mass is 9.98. The van der Waals surface area contributed by atoms with Crippen molar-refractivity contribution >= 4 is 5.91 Å². The molecule has 3 rings (SSSR count). The minimum atomic E-state index is -0.377. The molecule has 128 valence electrons. The molecule has 2 aromatic carbocycles. The highest BCUT2D eigenvalue weighted by molar-refractivity contribution is 5.77. The molecule has 0 bridgehead atoms. The number of amides is 1. The van der Waals surface area contributed by atoms with Crippen molar-refractivity contribution in [1.29, 1.82) is 0 Å². The van der Waals surface area contributed by atoms with E-state index in [2.05, 4.69) is 10.4 Å². The summed E-state index contributed by atoms with van der Waals surface area (Å²) >= 11 is 0. The molecule has 4 nitrogen and oxygen atoms in total. The van der Waals surface area contributed by atoms with E-state index < -0.39 is 0 Å². The zero-order chi connectivity index (χ0) is 17.6. The van der Waals surface area contributed by atoms with Gasteiger partial charge in [-0.2, -0.15) is 5.10 Å². The van der Waals surface area contributed by atoms with E-state index in [1.54, 1.807) is 16.9 Å². The first-order chi connectivity index (χ1) is 12.1. The number of aryl methyl sites for hydroxylation is 2. The van der Waals surface area contributed by atoms with E-state index in [0.717, 1.165) is 16.7 Å². The Bertz CT molecular complexity index is 845. The van der Waals surface area contributed by atoms with Gasteiger partial charge in [0, 0.05) is 19.7 Å². The highest BCUT2D eigenvalue weighted by atomic mass is 19.1. The van der Waals surface area contributed by atoms with Crippen molar-refractivity contribution < 1.29 is 9.18 Å². The molecular weight excluding hydrogens is 317 g/mol. The van der Waals surface area contributed by atoms with Gasteiger partial charge in [0.1, 0.15) is 5.82 Å². The van der Waals surface area contributed by atoms with Crippen molar-refractivity contribution in [2.45, 2.75) is 18.9 Å². The van der Waals surface area contributed by atoms with Crippen LogP contribution in [0.15, 0.2) is 67.0 Å². The maximum Gasteiger partial charge on any atom is 0.221 e. The van der Waals surface area contributed by atoms with E-state index in [4.69, 9.17) is 0 Å². The summed E-state index contributed by atoms with van der Waals surface area (Å²) in [6, 6.07) is 15.5. The van der Waals surface area contributed by atoms with Crippen LogP contribution in [0.3, 0.4) is 0 Å². The van der Waals surface area contributed by atoms with Crippen molar-refractivity contribution in [3.05, 3.63) is 89.5 Å². The van der Waals surface area contributed by atoms with Crippen LogP contribution < -0.4 is 5.32 Å². The van der Waals surface area contributed by atoms with Gasteiger partial charge in [0.25, 0.3) is 0 Å². The quantitative estimate of drug-likeness (QED) is 0.749. The molecule has 0 saturated carbocycles. The molecule has 3 aromatic rings. The van der Waals surface area contributed by atoms with Gasteiger partial charge >= 0.3 is 0 Å². The molecule has 0 saturated heterocycles. The summed E-state index contributed by atoms with van der Waals surface area (Å²) < 4.78 is 15.3. The van der Waals surface area contributed by atoms with Crippen molar-refractivity contribution in [1.82, 2.24) is 15.1 Å². The Morgan fingerprint density at radius 3 is 2.60 bits per heavy atom. The van der Waals surface area contributed by atoms with Crippen LogP contribution in [0.25, 0.3) is 0 Å². The first kappa shape index (κ1) is 16.9. The molecule has 0 radical (unpaired) electrons. The normalized spacial score (nSPS) is 11.9. The fraction of sp³-hybridized carbons (Fsp3) is 0.200. The van der Waals surface area contributed by atoms with Gasteiger partial charge < -0.3 is 5.32 Å². The molecule has 0 aliphatic heterocycles. The largest absolute Gasteiger partial charge is 0.345 e. The standard InChI is InChI=1S/C20H20FN3O/c1-24-14-15(13-22-24)10-11-19(25)23-20(16-6-3-2-4-7-16)17-8-5-9-18(21)12-17/h2-9,12-14,20H,10-11H2,1H3,(H,23,25)/t20-/m0/s1. The predicted octanol–water partition coefficient (Wildman–Crippen LogP) is 3.40. The SMILES string of the molecule is Cn1cc(CCC(=O)N[C@@H](c2ccccc2)c2cccc(F)c2)cn1. The van der Waals surface area contributed by atoms with Gasteiger partial charge in [-0.1, -0.05) is 42.5 Å². The highest BCUT2D eigenvalue weighted by Crippen LogP contribution is 2.23. The summed E-state index contributed by atoms with van der Waals surface area (Å²) in [5, 5.41) is 7.12. The highest BCUT2D eigenvalue weighted by Gasteiger charge is 2.17. The van der Waals surface area contributed by atoms with Gasteiger partial charge in [-0.25, -0.2) is 4.39 Å². The fourth-order valence-corrected chi connectivity index (χ4v) is 2.78. The van der Waals surface area contributed by atoms with Crippen LogP contribution in [0.2, 0.25) is 0 Å². The molecule has 0 aliphatic rings. The summed E-state index contributed by atoms with van der Waals surface area (Å²) in [5.41, 5.74) is 2.66. The van der Waals surface area contributed by atoms with Crippen LogP contribution in [0, 0.1) is 5.82 Å². The lowest BCUT2D eigenvalue weighted by Gasteiger charge is -2.20. The van der Waals surface area contributed by atoms with Gasteiger partial charge in [-0.15, -0.1) is 0 Å². The van der Waals surface area contributed by atoms with Crippen LogP contribution >= 0.6 is 0 Å². The molecular formula is C20H20FN3O. The van der Waals surface area contributed by atoms with Crippen molar-refractivity contribution in [3.63, 3.8) is 0 Å². The molecule has 0 spiro atoms. The van der Waals surface area contributed by atoms with E-state index >= 15 is 0 Å². The van der Waals surface area contributed by atoms with Gasteiger partial charge in [0.2, 0.25) is 5.91 Å². The van der Waals surface area contributed by atoms with Gasteiger partial charge in [0.05, 0.1) is 12.2 Å². The minimum absolute atomic E-state index is 0.0815. The number of carbonyl (C=O) groups excluding carboxylic acids is 1. The molecule has 1 N–H and O–H groups in total. The number of nitrogens with one attached hydrogen (secondary N) is 1. The van der Waals surface area contributed by atoms with E-state index in [9.17, 15) is 9.18 Å². The number of hydrogen-bond donors (Lipinski definition) is 1. The third-order valence-corrected chi connectivity index (χ3v) is 4.02. The van der Waals surface area contributed by atoms with E-state index in [0.29, 0.717) is 12.8 Å². The number of hydrogen-bond acceptors (Lipinski definition) is 2. The Balaban J connectivity index is 1.74. The first-order valence-electron chi connectivity index (χ1n) is 8.19. The van der Waals surface area contributed by atoms with Gasteiger partial charge in [-0.3, -0.25) is 9.48 Å². The number of halogens is 1. The third-order valence-electron chi connectivity index (χ3n) is 4.02. The van der Waals surface area contributed by atoms with E-state index in [1.165, 1.54) is 12.1 Å². The topological polar surface area (TPSA) is 46.9 Å². The zero-order valence-corrected chi connectivity index (χ0v) is 14.0. The maximum absolute atomic E-state index is 13.6. The van der Waals surface area contributed by atoms with Crippen molar-refractivity contribution in [2.24, 2.45) is 7.05 Å². The second-order valence-electron chi connectivity index (χ2n) is 5.99. The minimum Gasteiger partial charge on any atom is -0.345 e. The molecule has 0 unspecified atom stereocenters. The fourth-order valence-electron chi connectivity index (χ4n) is 2.78. The lowest BCUT2D eigenvalue weighted by molar-refractivity contribution is -0.121. The molecule has 0 fully saturated rings. The summed E-state index contributed by atoms with van der Waals surface area (Å²) in [4.78, 5) is 12.4. The Labute approximate surface area is 146 Å². The smallest absolute Gasteiger partial charge is 0.221 e. The average Bonchev–Trinajstić information content (AvgIpc) is 3.04. The summed E-state index contributed by atoms with van der Waals surface area (Å²) in [7, 11) is 1.85. The Kier molecular flexibility index (Phi) is 5.23. The van der Waals surface area contributed by atoms with Gasteiger partial charge in [-0.05, 0) is 35.2 Å². The van der Waals surface area contributed by atoms with E-state index in [-0.39, 0.29) is 17.8 Å². The lowest BCUT2D eigenvalue weighted by Crippen LogP contribution is -2.29. The predicted molar refractivity (Wildman–Crippen MR) is 94.4 cm³/mol. The Morgan fingerprint density at radius 2 is 1.92 bits per heavy atom. The Hall–Kier alpha value is -2.95. The Morgan fingerprint density at radius 1 is 1.16 bits per heavy atom. The molecule has 1 heterocycles. The number of benzene rings is 2. The zero-order valence-electron chi connectivity index (χ0n) is 14.0. The summed E-state index contributed by atoms with van der Waals surface area (Å²) in [5.74, 6) is -0.398. The van der Waals surface area contributed by atoms with Crippen molar-refractivity contribution in [2.75, 3.05) is 0 Å². The van der Waals surface area contributed by atoms with Crippen LogP contribution in [-0.4, -0.2) is 15.7 Å². The summed E-state index contributed by atoms with van der Waals surface area (Å²) in [6.07, 6.45) is 4.62. The number of rotatable bonds is 6. The van der Waals surface area contributed by atoms with E-state index in [1.807, 2.05) is 49.6 Å². The number of nitrogens with zero attached hydrogens (tertiary/aromatic N) is 2. The summed E-state index contributed by atoms with van der Waals surface area (Å²) in [6.45, 7) is 0. The van der Waals surface area contributed by atoms with Crippen LogP contribution in [-0.2, 0) is 18.3 Å². The number of carbonyl (C=O) groups is 1. The molecule has 1 aromatic heterocycles. The number of aromatic nitrogens is 2. The van der Waals surface area contributed by atoms with Crippen LogP contribution in [0.5, 0.6) is 0 Å². The molecule has 1 atom stereocenters. The monoisotopic (exact) mass is 337 g/mol.